The molecular formula is C23H23N3O3. The van der Waals surface area contributed by atoms with E-state index in [9.17, 15) is 9.59 Å². The molecule has 0 saturated carbocycles. The summed E-state index contributed by atoms with van der Waals surface area (Å²) in [6.45, 7) is 2.18. The van der Waals surface area contributed by atoms with E-state index in [0.29, 0.717) is 29.2 Å². The van der Waals surface area contributed by atoms with Gasteiger partial charge in [-0.3, -0.25) is 9.59 Å². The molecule has 0 aliphatic carbocycles. The van der Waals surface area contributed by atoms with Crippen molar-refractivity contribution in [2.75, 3.05) is 24.3 Å². The smallest absolute Gasteiger partial charge is 0.257 e. The molecule has 0 aliphatic heterocycles. The Morgan fingerprint density at radius 1 is 1.00 bits per heavy atom. The van der Waals surface area contributed by atoms with E-state index in [1.54, 1.807) is 43.5 Å². The van der Waals surface area contributed by atoms with Crippen molar-refractivity contribution in [3.8, 4) is 5.75 Å². The summed E-state index contributed by atoms with van der Waals surface area (Å²) >= 11 is 0. The molecule has 0 radical (unpaired) electrons. The Hall–Kier alpha value is -3.67. The number of ketones is 1. The van der Waals surface area contributed by atoms with E-state index in [1.807, 2.05) is 24.3 Å². The van der Waals surface area contributed by atoms with Crippen LogP contribution in [0.1, 0.15) is 33.2 Å². The number of hydrogen-bond donors (Lipinski definition) is 2. The molecule has 1 amide bonds. The van der Waals surface area contributed by atoms with E-state index in [-0.39, 0.29) is 11.7 Å². The maximum absolute atomic E-state index is 12.4. The van der Waals surface area contributed by atoms with Gasteiger partial charge in [0, 0.05) is 24.0 Å². The lowest BCUT2D eigenvalue weighted by molar-refractivity contribution is 0.101. The molecule has 1 heterocycles. The Bertz CT molecular complexity index is 1000. The van der Waals surface area contributed by atoms with Gasteiger partial charge in [-0.05, 0) is 49.2 Å². The van der Waals surface area contributed by atoms with E-state index < -0.39 is 0 Å². The molecule has 6 nitrogen and oxygen atoms in total. The van der Waals surface area contributed by atoms with Crippen LogP contribution in [0, 0.1) is 0 Å². The van der Waals surface area contributed by atoms with Crippen molar-refractivity contribution in [3.05, 3.63) is 83.6 Å². The Kier molecular flexibility index (Phi) is 6.58. The van der Waals surface area contributed by atoms with Crippen LogP contribution >= 0.6 is 0 Å². The number of nitrogens with zero attached hydrogens (tertiary/aromatic N) is 1. The molecule has 0 aliphatic rings. The molecule has 2 aromatic carbocycles. The number of amides is 1. The standard InChI is InChI=1S/C23H23N3O3/c1-16(27)18-7-5-8-20(14-18)26-23(28)19-10-11-22(25-15-19)24-13-12-17-6-3-4-9-21(17)29-2/h3-11,14-15H,12-13H2,1-2H3,(H,24,25)(H,26,28). The fourth-order valence-electron chi connectivity index (χ4n) is 2.89. The zero-order valence-corrected chi connectivity index (χ0v) is 16.4. The van der Waals surface area contributed by atoms with Crippen molar-refractivity contribution in [2.24, 2.45) is 0 Å². The van der Waals surface area contributed by atoms with Crippen molar-refractivity contribution >= 4 is 23.2 Å². The molecule has 3 aromatic rings. The van der Waals surface area contributed by atoms with Gasteiger partial charge < -0.3 is 15.4 Å². The van der Waals surface area contributed by atoms with Crippen molar-refractivity contribution < 1.29 is 14.3 Å². The van der Waals surface area contributed by atoms with E-state index in [1.165, 1.54) is 13.1 Å². The summed E-state index contributed by atoms with van der Waals surface area (Å²) < 4.78 is 5.35. The lowest BCUT2D eigenvalue weighted by Gasteiger charge is -2.10. The Morgan fingerprint density at radius 3 is 2.55 bits per heavy atom. The minimum absolute atomic E-state index is 0.0497. The number of hydrogen-bond acceptors (Lipinski definition) is 5. The molecule has 0 unspecified atom stereocenters. The zero-order chi connectivity index (χ0) is 20.6. The van der Waals surface area contributed by atoms with Gasteiger partial charge in [0.05, 0.1) is 12.7 Å². The summed E-state index contributed by atoms with van der Waals surface area (Å²) in [4.78, 5) is 28.2. The van der Waals surface area contributed by atoms with Crippen LogP contribution in [-0.4, -0.2) is 30.3 Å². The summed E-state index contributed by atoms with van der Waals surface area (Å²) in [6, 6.07) is 18.2. The molecule has 1 aromatic heterocycles. The summed E-state index contributed by atoms with van der Waals surface area (Å²) in [6.07, 6.45) is 2.32. The summed E-state index contributed by atoms with van der Waals surface area (Å²) in [5, 5.41) is 6.03. The number of carbonyl (C=O) groups is 2. The van der Waals surface area contributed by atoms with Crippen LogP contribution in [0.25, 0.3) is 0 Å². The highest BCUT2D eigenvalue weighted by Gasteiger charge is 2.08. The van der Waals surface area contributed by atoms with Gasteiger partial charge in [-0.1, -0.05) is 30.3 Å². The number of ether oxygens (including phenoxy) is 1. The number of rotatable bonds is 8. The maximum Gasteiger partial charge on any atom is 0.257 e. The fraction of sp³-hybridized carbons (Fsp3) is 0.174. The van der Waals surface area contributed by atoms with Gasteiger partial charge in [0.2, 0.25) is 0 Å². The SMILES string of the molecule is COc1ccccc1CCNc1ccc(C(=O)Nc2cccc(C(C)=O)c2)cn1. The molecule has 0 fully saturated rings. The molecular weight excluding hydrogens is 366 g/mol. The first kappa shape index (κ1) is 20.1. The minimum atomic E-state index is -0.279. The topological polar surface area (TPSA) is 80.3 Å². The molecule has 0 spiro atoms. The minimum Gasteiger partial charge on any atom is -0.496 e. The number of carbonyl (C=O) groups excluding carboxylic acids is 2. The number of anilines is 2. The van der Waals surface area contributed by atoms with Crippen LogP contribution in [0.5, 0.6) is 5.75 Å². The molecule has 6 heteroatoms. The van der Waals surface area contributed by atoms with Crippen molar-refractivity contribution in [2.45, 2.75) is 13.3 Å². The van der Waals surface area contributed by atoms with Crippen LogP contribution in [-0.2, 0) is 6.42 Å². The Balaban J connectivity index is 1.56. The van der Waals surface area contributed by atoms with Gasteiger partial charge in [-0.25, -0.2) is 4.98 Å². The summed E-state index contributed by atoms with van der Waals surface area (Å²) in [7, 11) is 1.66. The van der Waals surface area contributed by atoms with Crippen LogP contribution in [0.15, 0.2) is 66.9 Å². The van der Waals surface area contributed by atoms with Gasteiger partial charge in [0.1, 0.15) is 11.6 Å². The molecule has 0 atom stereocenters. The highest BCUT2D eigenvalue weighted by Crippen LogP contribution is 2.18. The van der Waals surface area contributed by atoms with Crippen LogP contribution in [0.2, 0.25) is 0 Å². The lowest BCUT2D eigenvalue weighted by Crippen LogP contribution is -2.13. The Labute approximate surface area is 169 Å². The third-order valence-electron chi connectivity index (χ3n) is 4.45. The number of Topliss-reactive ketones (excluding diaryl/α,β-unsaturated/α-hetero) is 1. The number of methoxy groups -OCH3 is 1. The number of para-hydroxylation sites is 1. The second-order valence-electron chi connectivity index (χ2n) is 6.51. The first-order valence-corrected chi connectivity index (χ1v) is 9.31. The van der Waals surface area contributed by atoms with E-state index in [2.05, 4.69) is 15.6 Å². The first-order valence-electron chi connectivity index (χ1n) is 9.31. The average molecular weight is 389 g/mol. The lowest BCUT2D eigenvalue weighted by atomic mass is 10.1. The number of pyridine rings is 1. The number of nitrogens with one attached hydrogen (secondary N) is 2. The van der Waals surface area contributed by atoms with Crippen molar-refractivity contribution in [1.82, 2.24) is 4.98 Å². The molecule has 0 bridgehead atoms. The number of aromatic nitrogens is 1. The fourth-order valence-corrected chi connectivity index (χ4v) is 2.89. The van der Waals surface area contributed by atoms with Gasteiger partial charge in [0.15, 0.2) is 5.78 Å². The van der Waals surface area contributed by atoms with Gasteiger partial charge in [-0.15, -0.1) is 0 Å². The highest BCUT2D eigenvalue weighted by atomic mass is 16.5. The van der Waals surface area contributed by atoms with Crippen molar-refractivity contribution in [1.29, 1.82) is 0 Å². The summed E-state index contributed by atoms with van der Waals surface area (Å²) in [5.74, 6) is 1.23. The third kappa shape index (κ3) is 5.42. The second-order valence-corrected chi connectivity index (χ2v) is 6.51. The maximum atomic E-state index is 12.4. The zero-order valence-electron chi connectivity index (χ0n) is 16.4. The first-order chi connectivity index (χ1) is 14.1. The number of benzene rings is 2. The van der Waals surface area contributed by atoms with Crippen LogP contribution in [0.4, 0.5) is 11.5 Å². The molecule has 0 saturated heterocycles. The largest absolute Gasteiger partial charge is 0.496 e. The predicted octanol–water partition coefficient (Wildman–Crippen LogP) is 4.20. The third-order valence-corrected chi connectivity index (χ3v) is 4.45. The predicted molar refractivity (Wildman–Crippen MR) is 114 cm³/mol. The molecule has 3 rings (SSSR count). The molecule has 29 heavy (non-hydrogen) atoms. The van der Waals surface area contributed by atoms with E-state index in [0.717, 1.165) is 17.7 Å². The quantitative estimate of drug-likeness (QED) is 0.565. The van der Waals surface area contributed by atoms with E-state index >= 15 is 0 Å². The monoisotopic (exact) mass is 389 g/mol. The van der Waals surface area contributed by atoms with Crippen LogP contribution in [0.3, 0.4) is 0 Å². The average Bonchev–Trinajstić information content (AvgIpc) is 2.74. The summed E-state index contributed by atoms with van der Waals surface area (Å²) in [5.41, 5.74) is 2.68. The molecule has 148 valence electrons. The second kappa shape index (κ2) is 9.50. The molecule has 2 N–H and O–H groups in total. The highest BCUT2D eigenvalue weighted by molar-refractivity contribution is 6.05. The van der Waals surface area contributed by atoms with Crippen molar-refractivity contribution in [3.63, 3.8) is 0 Å². The Morgan fingerprint density at radius 2 is 1.83 bits per heavy atom. The van der Waals surface area contributed by atoms with Gasteiger partial charge >= 0.3 is 0 Å². The van der Waals surface area contributed by atoms with Crippen LogP contribution < -0.4 is 15.4 Å². The van der Waals surface area contributed by atoms with E-state index in [4.69, 9.17) is 4.74 Å². The normalized spacial score (nSPS) is 10.3. The van der Waals surface area contributed by atoms with Gasteiger partial charge in [-0.2, -0.15) is 0 Å². The van der Waals surface area contributed by atoms with Gasteiger partial charge in [0.25, 0.3) is 5.91 Å².